The predicted octanol–water partition coefficient (Wildman–Crippen LogP) is 4.01. The fourth-order valence-corrected chi connectivity index (χ4v) is 2.75. The van der Waals surface area contributed by atoms with Gasteiger partial charge in [-0.05, 0) is 19.3 Å². The van der Waals surface area contributed by atoms with Gasteiger partial charge >= 0.3 is 5.97 Å². The van der Waals surface area contributed by atoms with Gasteiger partial charge in [0.1, 0.15) is 0 Å². The summed E-state index contributed by atoms with van der Waals surface area (Å²) in [4.78, 5) is 11.4. The minimum atomic E-state index is -0.614. The molecule has 106 valence electrons. The minimum Gasteiger partial charge on any atom is -0.481 e. The Bertz CT molecular complexity index is 232. The first kappa shape index (κ1) is 15.5. The van der Waals surface area contributed by atoms with Crippen molar-refractivity contribution in [3.8, 4) is 0 Å². The van der Waals surface area contributed by atoms with Gasteiger partial charge in [-0.15, -0.1) is 0 Å². The number of hydrogen-bond donors (Lipinski definition) is 1. The SMILES string of the molecule is CCCCCCCCCC1(C(=O)O)CCOCC1. The van der Waals surface area contributed by atoms with E-state index in [1.54, 1.807) is 0 Å². The molecule has 0 aromatic rings. The lowest BCUT2D eigenvalue weighted by Gasteiger charge is -2.33. The molecule has 1 heterocycles. The quantitative estimate of drug-likeness (QED) is 0.634. The second-order valence-electron chi connectivity index (χ2n) is 5.57. The van der Waals surface area contributed by atoms with Gasteiger partial charge in [-0.25, -0.2) is 0 Å². The molecule has 1 fully saturated rings. The zero-order valence-corrected chi connectivity index (χ0v) is 11.7. The largest absolute Gasteiger partial charge is 0.481 e. The molecule has 1 rings (SSSR count). The van der Waals surface area contributed by atoms with Crippen LogP contribution in [-0.4, -0.2) is 24.3 Å². The van der Waals surface area contributed by atoms with Crippen LogP contribution in [0, 0.1) is 5.41 Å². The summed E-state index contributed by atoms with van der Waals surface area (Å²) in [6.07, 6.45) is 10.9. The molecule has 3 heteroatoms. The number of unbranched alkanes of at least 4 members (excludes halogenated alkanes) is 6. The Labute approximate surface area is 111 Å². The maximum Gasteiger partial charge on any atom is 0.309 e. The van der Waals surface area contributed by atoms with Crippen LogP contribution in [-0.2, 0) is 9.53 Å². The average molecular weight is 256 g/mol. The summed E-state index contributed by atoms with van der Waals surface area (Å²) in [6, 6.07) is 0. The number of hydrogen-bond acceptors (Lipinski definition) is 2. The fraction of sp³-hybridized carbons (Fsp3) is 0.933. The summed E-state index contributed by atoms with van der Waals surface area (Å²) < 4.78 is 5.28. The number of carboxylic acids is 1. The van der Waals surface area contributed by atoms with Crippen molar-refractivity contribution in [3.63, 3.8) is 0 Å². The third-order valence-electron chi connectivity index (χ3n) is 4.16. The Morgan fingerprint density at radius 1 is 1.06 bits per heavy atom. The predicted molar refractivity (Wildman–Crippen MR) is 72.7 cm³/mol. The molecule has 0 aromatic carbocycles. The fourth-order valence-electron chi connectivity index (χ4n) is 2.75. The minimum absolute atomic E-state index is 0.484. The van der Waals surface area contributed by atoms with Gasteiger partial charge in [0.25, 0.3) is 0 Å². The smallest absolute Gasteiger partial charge is 0.309 e. The van der Waals surface area contributed by atoms with Gasteiger partial charge in [0.2, 0.25) is 0 Å². The highest BCUT2D eigenvalue weighted by molar-refractivity contribution is 5.74. The normalized spacial score (nSPS) is 18.7. The van der Waals surface area contributed by atoms with Crippen LogP contribution in [0.5, 0.6) is 0 Å². The highest BCUT2D eigenvalue weighted by atomic mass is 16.5. The third kappa shape index (κ3) is 4.97. The average Bonchev–Trinajstić information content (AvgIpc) is 2.38. The van der Waals surface area contributed by atoms with E-state index in [2.05, 4.69) is 6.92 Å². The number of carbonyl (C=O) groups is 1. The van der Waals surface area contributed by atoms with Crippen LogP contribution in [0.25, 0.3) is 0 Å². The van der Waals surface area contributed by atoms with Gasteiger partial charge in [-0.2, -0.15) is 0 Å². The molecule has 0 radical (unpaired) electrons. The van der Waals surface area contributed by atoms with Crippen LogP contribution in [0.3, 0.4) is 0 Å². The van der Waals surface area contributed by atoms with Gasteiger partial charge in [-0.1, -0.05) is 51.9 Å². The maximum absolute atomic E-state index is 11.4. The highest BCUT2D eigenvalue weighted by Gasteiger charge is 2.39. The van der Waals surface area contributed by atoms with Gasteiger partial charge in [-0.3, -0.25) is 4.79 Å². The Kier molecular flexibility index (Phi) is 7.33. The van der Waals surface area contributed by atoms with Crippen molar-refractivity contribution < 1.29 is 14.6 Å². The molecule has 0 bridgehead atoms. The van der Waals surface area contributed by atoms with Crippen LogP contribution in [0.4, 0.5) is 0 Å². The van der Waals surface area contributed by atoms with Crippen LogP contribution < -0.4 is 0 Å². The van der Waals surface area contributed by atoms with E-state index in [9.17, 15) is 9.90 Å². The van der Waals surface area contributed by atoms with Gasteiger partial charge in [0, 0.05) is 13.2 Å². The molecule has 0 unspecified atom stereocenters. The molecule has 0 spiro atoms. The van der Waals surface area contributed by atoms with E-state index in [1.165, 1.54) is 38.5 Å². The molecule has 3 nitrogen and oxygen atoms in total. The van der Waals surface area contributed by atoms with E-state index in [0.29, 0.717) is 26.1 Å². The molecule has 0 amide bonds. The van der Waals surface area contributed by atoms with Gasteiger partial charge < -0.3 is 9.84 Å². The van der Waals surface area contributed by atoms with E-state index in [1.807, 2.05) is 0 Å². The van der Waals surface area contributed by atoms with Crippen molar-refractivity contribution >= 4 is 5.97 Å². The Balaban J connectivity index is 2.16. The molecule has 0 aromatic heterocycles. The second kappa shape index (κ2) is 8.52. The van der Waals surface area contributed by atoms with Gasteiger partial charge in [0.05, 0.1) is 5.41 Å². The molecular weight excluding hydrogens is 228 g/mol. The molecule has 0 saturated carbocycles. The second-order valence-corrected chi connectivity index (χ2v) is 5.57. The highest BCUT2D eigenvalue weighted by Crippen LogP contribution is 2.36. The lowest BCUT2D eigenvalue weighted by molar-refractivity contribution is -0.155. The zero-order valence-electron chi connectivity index (χ0n) is 11.7. The first-order chi connectivity index (χ1) is 8.71. The van der Waals surface area contributed by atoms with Crippen molar-refractivity contribution in [1.29, 1.82) is 0 Å². The first-order valence-electron chi connectivity index (χ1n) is 7.52. The monoisotopic (exact) mass is 256 g/mol. The van der Waals surface area contributed by atoms with Crippen LogP contribution in [0.15, 0.2) is 0 Å². The van der Waals surface area contributed by atoms with Crippen molar-refractivity contribution in [2.24, 2.45) is 5.41 Å². The van der Waals surface area contributed by atoms with Crippen molar-refractivity contribution in [1.82, 2.24) is 0 Å². The van der Waals surface area contributed by atoms with E-state index in [4.69, 9.17) is 4.74 Å². The van der Waals surface area contributed by atoms with Crippen LogP contribution in [0.2, 0.25) is 0 Å². The van der Waals surface area contributed by atoms with Crippen molar-refractivity contribution in [2.45, 2.75) is 71.1 Å². The third-order valence-corrected chi connectivity index (χ3v) is 4.16. The summed E-state index contributed by atoms with van der Waals surface area (Å²) in [6.45, 7) is 3.45. The zero-order chi connectivity index (χ0) is 13.3. The number of ether oxygens (including phenoxy) is 1. The number of aliphatic carboxylic acids is 1. The van der Waals surface area contributed by atoms with Crippen LogP contribution in [0.1, 0.15) is 71.1 Å². The van der Waals surface area contributed by atoms with E-state index >= 15 is 0 Å². The van der Waals surface area contributed by atoms with Crippen LogP contribution >= 0.6 is 0 Å². The summed E-state index contributed by atoms with van der Waals surface area (Å²) >= 11 is 0. The maximum atomic E-state index is 11.4. The summed E-state index contributed by atoms with van der Waals surface area (Å²) in [7, 11) is 0. The standard InChI is InChI=1S/C15H28O3/c1-2-3-4-5-6-7-8-9-15(14(16)17)10-12-18-13-11-15/h2-13H2,1H3,(H,16,17). The van der Waals surface area contributed by atoms with E-state index in [-0.39, 0.29) is 0 Å². The first-order valence-corrected chi connectivity index (χ1v) is 7.52. The molecular formula is C15H28O3. The van der Waals surface area contributed by atoms with Crippen molar-refractivity contribution in [2.75, 3.05) is 13.2 Å². The summed E-state index contributed by atoms with van der Waals surface area (Å²) in [5, 5.41) is 9.41. The Morgan fingerprint density at radius 3 is 2.17 bits per heavy atom. The molecule has 1 aliphatic heterocycles. The van der Waals surface area contributed by atoms with E-state index < -0.39 is 11.4 Å². The molecule has 1 saturated heterocycles. The summed E-state index contributed by atoms with van der Waals surface area (Å²) in [5.41, 5.74) is -0.484. The Hall–Kier alpha value is -0.570. The summed E-state index contributed by atoms with van der Waals surface area (Å²) in [5.74, 6) is -0.614. The Morgan fingerprint density at radius 2 is 1.61 bits per heavy atom. The van der Waals surface area contributed by atoms with Crippen molar-refractivity contribution in [3.05, 3.63) is 0 Å². The van der Waals surface area contributed by atoms with Gasteiger partial charge in [0.15, 0.2) is 0 Å². The topological polar surface area (TPSA) is 46.5 Å². The molecule has 0 aliphatic carbocycles. The molecule has 18 heavy (non-hydrogen) atoms. The lowest BCUT2D eigenvalue weighted by Crippen LogP contribution is -2.37. The van der Waals surface area contributed by atoms with E-state index in [0.717, 1.165) is 12.8 Å². The molecule has 1 aliphatic rings. The molecule has 1 N–H and O–H groups in total. The molecule has 0 atom stereocenters. The lowest BCUT2D eigenvalue weighted by atomic mass is 9.76. The number of rotatable bonds is 9. The number of carboxylic acid groups (broad SMARTS) is 1.